The summed E-state index contributed by atoms with van der Waals surface area (Å²) in [6.07, 6.45) is 0.483. The highest BCUT2D eigenvalue weighted by Crippen LogP contribution is 2.31. The van der Waals surface area contributed by atoms with Crippen LogP contribution in [0.2, 0.25) is 0 Å². The minimum absolute atomic E-state index is 0. The lowest BCUT2D eigenvalue weighted by Gasteiger charge is -2.08. The maximum atomic E-state index is 11.3. The van der Waals surface area contributed by atoms with Crippen molar-refractivity contribution in [1.29, 1.82) is 0 Å². The van der Waals surface area contributed by atoms with E-state index < -0.39 is 5.97 Å². The maximum absolute atomic E-state index is 11.3. The second kappa shape index (κ2) is 9.50. The van der Waals surface area contributed by atoms with Gasteiger partial charge in [0.05, 0.1) is 13.5 Å². The molecule has 1 heterocycles. The quantitative estimate of drug-likeness (QED) is 0.569. The van der Waals surface area contributed by atoms with Crippen LogP contribution >= 0.6 is 11.8 Å². The lowest BCUT2D eigenvalue weighted by atomic mass is 9.97. The Morgan fingerprint density at radius 3 is 2.58 bits per heavy atom. The number of fused-ring (bicyclic) bond motifs is 1. The number of carboxylic acid groups (broad SMARTS) is 1. The first-order valence-electron chi connectivity index (χ1n) is 9.16. The van der Waals surface area contributed by atoms with Gasteiger partial charge in [-0.3, -0.25) is 4.79 Å². The van der Waals surface area contributed by atoms with E-state index in [-0.39, 0.29) is 11.2 Å². The van der Waals surface area contributed by atoms with E-state index in [9.17, 15) is 9.70 Å². The molecule has 0 amide bonds. The van der Waals surface area contributed by atoms with Gasteiger partial charge in [0.25, 0.3) is 0 Å². The number of nitrogens with one attached hydrogen (secondary N) is 1. The van der Waals surface area contributed by atoms with Crippen LogP contribution < -0.4 is 9.84 Å². The molecule has 0 aliphatic carbocycles. The first-order valence-corrected chi connectivity index (χ1v) is 10.1. The highest BCUT2D eigenvalue weighted by molar-refractivity contribution is 8.14. The molecule has 0 unspecified atom stereocenters. The number of carboxylic acids is 1. The summed E-state index contributed by atoms with van der Waals surface area (Å²) in [5.41, 5.74) is 3.63. The third-order valence-electron chi connectivity index (χ3n) is 4.75. The Morgan fingerprint density at radius 1 is 1.10 bits per heavy atom. The van der Waals surface area contributed by atoms with Crippen LogP contribution in [0, 0.1) is 4.91 Å². The highest BCUT2D eigenvalue weighted by atomic mass is 32.2. The van der Waals surface area contributed by atoms with E-state index in [1.807, 2.05) is 36.4 Å². The minimum Gasteiger partial charge on any atom is -0.870 e. The molecule has 158 valence electrons. The number of aliphatic carboxylic acids is 1. The fourth-order valence-corrected chi connectivity index (χ4v) is 3.93. The van der Waals surface area contributed by atoms with Crippen molar-refractivity contribution in [3.05, 3.63) is 65.1 Å². The van der Waals surface area contributed by atoms with Gasteiger partial charge in [-0.25, -0.2) is 0 Å². The van der Waals surface area contributed by atoms with Crippen molar-refractivity contribution in [3.8, 4) is 16.9 Å². The Morgan fingerprint density at radius 2 is 1.84 bits per heavy atom. The summed E-state index contributed by atoms with van der Waals surface area (Å²) in [6, 6.07) is 17.3. The number of nitrogens with zero attached hydrogens (tertiary/aromatic N) is 2. The van der Waals surface area contributed by atoms with Crippen molar-refractivity contribution in [2.24, 2.45) is 10.3 Å². The van der Waals surface area contributed by atoms with E-state index >= 15 is 0 Å². The van der Waals surface area contributed by atoms with Gasteiger partial charge in [-0.2, -0.15) is 0 Å². The zero-order valence-electron chi connectivity index (χ0n) is 16.5. The Hall–Kier alpha value is -3.56. The predicted octanol–water partition coefficient (Wildman–Crippen LogP) is 3.14. The lowest BCUT2D eigenvalue weighted by Crippen LogP contribution is -2.62. The SMILES string of the molecule is COc1ccc2cc(-c3cc(N=O)cc(C4=N[NH+]=C(SCC(=O)O)C4)c3)ccc2c1.[OH-]. The first-order chi connectivity index (χ1) is 14.6. The zero-order valence-corrected chi connectivity index (χ0v) is 17.3. The second-order valence-electron chi connectivity index (χ2n) is 6.74. The van der Waals surface area contributed by atoms with Gasteiger partial charge in [-0.05, 0) is 80.3 Å². The molecule has 0 saturated carbocycles. The molecule has 1 aliphatic rings. The van der Waals surface area contributed by atoms with Crippen LogP contribution in [0.1, 0.15) is 12.0 Å². The van der Waals surface area contributed by atoms with Crippen molar-refractivity contribution in [2.75, 3.05) is 12.9 Å². The summed E-state index contributed by atoms with van der Waals surface area (Å²) in [5.74, 6) is -0.121. The molecule has 0 aromatic heterocycles. The summed E-state index contributed by atoms with van der Waals surface area (Å²) in [7, 11) is 1.64. The van der Waals surface area contributed by atoms with E-state index in [4.69, 9.17) is 9.84 Å². The van der Waals surface area contributed by atoms with Crippen LogP contribution in [0.5, 0.6) is 5.75 Å². The fourth-order valence-electron chi connectivity index (χ4n) is 3.29. The van der Waals surface area contributed by atoms with Gasteiger partial charge in [-0.1, -0.05) is 23.3 Å². The van der Waals surface area contributed by atoms with Crippen molar-refractivity contribution in [3.63, 3.8) is 0 Å². The number of ether oxygens (including phenoxy) is 1. The molecule has 8 nitrogen and oxygen atoms in total. The van der Waals surface area contributed by atoms with Gasteiger partial charge in [0.1, 0.15) is 22.9 Å². The number of hydrogen-bond donors (Lipinski definition) is 2. The summed E-state index contributed by atoms with van der Waals surface area (Å²) in [6.45, 7) is 0. The van der Waals surface area contributed by atoms with Gasteiger partial charge in [0.2, 0.25) is 5.04 Å². The third-order valence-corrected chi connectivity index (χ3v) is 5.73. The number of thioether (sulfide) groups is 1. The van der Waals surface area contributed by atoms with E-state index in [1.54, 1.807) is 19.2 Å². The summed E-state index contributed by atoms with van der Waals surface area (Å²) in [4.78, 5) is 22.1. The number of carbonyl (C=O) groups is 1. The number of methoxy groups -OCH3 is 1. The van der Waals surface area contributed by atoms with Crippen molar-refractivity contribution < 1.29 is 25.2 Å². The molecule has 0 spiro atoms. The monoisotopic (exact) mass is 437 g/mol. The Kier molecular flexibility index (Phi) is 6.78. The first kappa shape index (κ1) is 22.1. The van der Waals surface area contributed by atoms with E-state index in [1.165, 1.54) is 11.8 Å². The van der Waals surface area contributed by atoms with Gasteiger partial charge >= 0.3 is 5.97 Å². The Labute approximate surface area is 181 Å². The molecule has 0 bridgehead atoms. The van der Waals surface area contributed by atoms with Gasteiger partial charge in [-0.15, -0.1) is 4.91 Å². The number of rotatable bonds is 6. The van der Waals surface area contributed by atoms with E-state index in [0.717, 1.165) is 44.0 Å². The number of hydrogen-bond acceptors (Lipinski definition) is 7. The molecule has 3 N–H and O–H groups in total. The Balaban J connectivity index is 0.00000272. The average Bonchev–Trinajstić information content (AvgIpc) is 3.25. The number of nitroso groups, excluding NO2 is 1. The highest BCUT2D eigenvalue weighted by Gasteiger charge is 2.23. The largest absolute Gasteiger partial charge is 0.870 e. The van der Waals surface area contributed by atoms with E-state index in [2.05, 4.69) is 21.4 Å². The maximum Gasteiger partial charge on any atom is 0.314 e. The normalized spacial score (nSPS) is 12.7. The molecular weight excluding hydrogens is 418 g/mol. The Bertz CT molecular complexity index is 1220. The smallest absolute Gasteiger partial charge is 0.314 e. The predicted molar refractivity (Wildman–Crippen MR) is 121 cm³/mol. The van der Waals surface area contributed by atoms with Crippen LogP contribution in [0.4, 0.5) is 5.69 Å². The molecule has 9 heteroatoms. The molecule has 0 saturated heterocycles. The van der Waals surface area contributed by atoms with Crippen molar-refractivity contribution in [1.82, 2.24) is 0 Å². The number of hydrazone groups is 1. The zero-order chi connectivity index (χ0) is 21.1. The van der Waals surface area contributed by atoms with E-state index in [0.29, 0.717) is 12.1 Å². The third kappa shape index (κ3) is 4.96. The van der Waals surface area contributed by atoms with Gasteiger partial charge in [0, 0.05) is 5.56 Å². The van der Waals surface area contributed by atoms with Crippen molar-refractivity contribution >= 4 is 44.9 Å². The average molecular weight is 437 g/mol. The standard InChI is InChI=1S/C22H17N3O4S.H2O/c1-29-19-5-4-13-6-14(2-3-15(13)10-19)16-7-17(9-18(8-16)25-28)20-11-21(24-23-20)30-12-22(26)27;/h2-10H,11-12H2,1H3,(H,26,27);1H2. The summed E-state index contributed by atoms with van der Waals surface area (Å²) in [5, 5.41) is 22.0. The molecule has 0 atom stereocenters. The molecule has 3 aromatic rings. The van der Waals surface area contributed by atoms with Crippen LogP contribution in [0.25, 0.3) is 21.9 Å². The molecule has 3 aromatic carbocycles. The topological polar surface area (TPSA) is 132 Å². The molecule has 4 rings (SSSR count). The lowest BCUT2D eigenvalue weighted by molar-refractivity contribution is -0.455. The molecule has 31 heavy (non-hydrogen) atoms. The summed E-state index contributed by atoms with van der Waals surface area (Å²) >= 11 is 1.20. The minimum atomic E-state index is -0.883. The second-order valence-corrected chi connectivity index (χ2v) is 7.81. The summed E-state index contributed by atoms with van der Waals surface area (Å²) < 4.78 is 5.28. The van der Waals surface area contributed by atoms with Crippen LogP contribution in [0.3, 0.4) is 0 Å². The van der Waals surface area contributed by atoms with Crippen molar-refractivity contribution in [2.45, 2.75) is 6.42 Å². The molecule has 0 fully saturated rings. The van der Waals surface area contributed by atoms with Crippen LogP contribution in [0.15, 0.2) is 64.9 Å². The van der Waals surface area contributed by atoms with Crippen LogP contribution in [-0.4, -0.2) is 40.2 Å². The molecule has 0 radical (unpaired) electrons. The molecular formula is C22H19N3O5S. The van der Waals surface area contributed by atoms with Crippen LogP contribution in [-0.2, 0) is 4.79 Å². The fraction of sp³-hybridized carbons (Fsp3) is 0.136. The van der Waals surface area contributed by atoms with Gasteiger partial charge < -0.3 is 15.3 Å². The van der Waals surface area contributed by atoms with Gasteiger partial charge in [0.15, 0.2) is 0 Å². The molecule has 1 aliphatic heterocycles. The number of benzene rings is 3.